The lowest BCUT2D eigenvalue weighted by atomic mass is 10.1. The second-order valence-corrected chi connectivity index (χ2v) is 6.28. The minimum absolute atomic E-state index is 0.207. The maximum Gasteiger partial charge on any atom is 0.223 e. The monoisotopic (exact) mass is 308 g/mol. The van der Waals surface area contributed by atoms with Gasteiger partial charge in [-0.15, -0.1) is 0 Å². The highest BCUT2D eigenvalue weighted by Crippen LogP contribution is 2.28. The molecular formula is C17H22F2N2O. The van der Waals surface area contributed by atoms with Crippen molar-refractivity contribution in [1.29, 1.82) is 0 Å². The molecule has 1 amide bonds. The Morgan fingerprint density at radius 1 is 1.18 bits per heavy atom. The van der Waals surface area contributed by atoms with Gasteiger partial charge in [-0.25, -0.2) is 8.78 Å². The average molecular weight is 308 g/mol. The predicted octanol–water partition coefficient (Wildman–Crippen LogP) is 2.64. The van der Waals surface area contributed by atoms with Crippen LogP contribution in [-0.2, 0) is 11.2 Å². The number of fused-ring (bicyclic) bond motifs is 2. The molecule has 5 heteroatoms. The molecule has 2 aliphatic rings. The summed E-state index contributed by atoms with van der Waals surface area (Å²) < 4.78 is 26.0. The minimum atomic E-state index is -0.825. The van der Waals surface area contributed by atoms with E-state index in [2.05, 4.69) is 10.2 Å². The van der Waals surface area contributed by atoms with Crippen molar-refractivity contribution in [3.63, 3.8) is 0 Å². The molecule has 0 saturated carbocycles. The van der Waals surface area contributed by atoms with E-state index in [9.17, 15) is 13.6 Å². The maximum atomic E-state index is 13.2. The molecule has 0 aliphatic carbocycles. The lowest BCUT2D eigenvalue weighted by molar-refractivity contribution is -0.133. The highest BCUT2D eigenvalue weighted by Gasteiger charge is 2.37. The molecule has 3 nitrogen and oxygen atoms in total. The van der Waals surface area contributed by atoms with Crippen molar-refractivity contribution in [3.8, 4) is 0 Å². The second-order valence-electron chi connectivity index (χ2n) is 6.28. The first kappa shape index (κ1) is 15.4. The Hall–Kier alpha value is -1.49. The molecule has 2 fully saturated rings. The number of amides is 1. The minimum Gasteiger partial charge on any atom is -0.335 e. The number of hydrogen-bond acceptors (Lipinski definition) is 2. The van der Waals surface area contributed by atoms with E-state index >= 15 is 0 Å². The lowest BCUT2D eigenvalue weighted by Gasteiger charge is -2.28. The first-order valence-electron chi connectivity index (χ1n) is 8.11. The summed E-state index contributed by atoms with van der Waals surface area (Å²) in [7, 11) is 0. The van der Waals surface area contributed by atoms with Crippen LogP contribution in [0.15, 0.2) is 18.2 Å². The number of aryl methyl sites for hydroxylation is 1. The molecule has 3 rings (SSSR count). The molecule has 0 spiro atoms. The van der Waals surface area contributed by atoms with Crippen molar-refractivity contribution in [1.82, 2.24) is 10.2 Å². The number of nitrogens with one attached hydrogen (secondary N) is 1. The standard InChI is InChI=1S/C17H22F2N2O/c18-15-7-4-12(10-16(15)19)2-1-3-17(22)21-13-5-6-14(21)11-20-9-8-13/h4,7,10,13-14,20H,1-3,5-6,8-9,11H2. The largest absolute Gasteiger partial charge is 0.335 e. The fraction of sp³-hybridized carbons (Fsp3) is 0.588. The van der Waals surface area contributed by atoms with Gasteiger partial charge in [0.05, 0.1) is 0 Å². The molecule has 1 N–H and O–H groups in total. The van der Waals surface area contributed by atoms with E-state index in [1.807, 2.05) is 0 Å². The van der Waals surface area contributed by atoms with Crippen molar-refractivity contribution in [2.24, 2.45) is 0 Å². The molecular weight excluding hydrogens is 286 g/mol. The summed E-state index contributed by atoms with van der Waals surface area (Å²) in [5.41, 5.74) is 0.743. The first-order chi connectivity index (χ1) is 10.6. The van der Waals surface area contributed by atoms with Gasteiger partial charge in [-0.3, -0.25) is 4.79 Å². The van der Waals surface area contributed by atoms with Gasteiger partial charge in [0.2, 0.25) is 5.91 Å². The molecule has 2 atom stereocenters. The Morgan fingerprint density at radius 3 is 2.82 bits per heavy atom. The first-order valence-corrected chi connectivity index (χ1v) is 8.11. The predicted molar refractivity (Wildman–Crippen MR) is 80.4 cm³/mol. The summed E-state index contributed by atoms with van der Waals surface area (Å²) in [6.07, 6.45) is 4.99. The highest BCUT2D eigenvalue weighted by atomic mass is 19.2. The molecule has 2 unspecified atom stereocenters. The molecule has 0 aromatic heterocycles. The summed E-state index contributed by atoms with van der Waals surface area (Å²) >= 11 is 0. The number of halogens is 2. The third-order valence-electron chi connectivity index (χ3n) is 4.78. The molecule has 2 saturated heterocycles. The van der Waals surface area contributed by atoms with Crippen LogP contribution in [0.5, 0.6) is 0 Å². The molecule has 120 valence electrons. The fourth-order valence-electron chi connectivity index (χ4n) is 3.66. The van der Waals surface area contributed by atoms with Crippen LogP contribution in [-0.4, -0.2) is 36.0 Å². The Labute approximate surface area is 129 Å². The van der Waals surface area contributed by atoms with Gasteiger partial charge in [-0.2, -0.15) is 0 Å². The molecule has 1 aromatic carbocycles. The Morgan fingerprint density at radius 2 is 2.00 bits per heavy atom. The van der Waals surface area contributed by atoms with Crippen LogP contribution >= 0.6 is 0 Å². The summed E-state index contributed by atoms with van der Waals surface area (Å²) in [6, 6.07) is 4.67. The zero-order valence-corrected chi connectivity index (χ0v) is 12.7. The highest BCUT2D eigenvalue weighted by molar-refractivity contribution is 5.77. The molecule has 22 heavy (non-hydrogen) atoms. The maximum absolute atomic E-state index is 13.2. The van der Waals surface area contributed by atoms with Crippen LogP contribution in [0.3, 0.4) is 0 Å². The van der Waals surface area contributed by atoms with E-state index in [0.29, 0.717) is 31.3 Å². The summed E-state index contributed by atoms with van der Waals surface area (Å²) in [5, 5.41) is 3.39. The zero-order chi connectivity index (χ0) is 15.5. The molecule has 2 bridgehead atoms. The molecule has 2 heterocycles. The van der Waals surface area contributed by atoms with E-state index in [4.69, 9.17) is 0 Å². The van der Waals surface area contributed by atoms with Gasteiger partial charge in [0, 0.05) is 25.0 Å². The number of carbonyl (C=O) groups excluding carboxylic acids is 1. The SMILES string of the molecule is O=C(CCCc1ccc(F)c(F)c1)N1C2CCNCC1CC2. The zero-order valence-electron chi connectivity index (χ0n) is 12.7. The number of carbonyl (C=O) groups is 1. The van der Waals surface area contributed by atoms with E-state index in [-0.39, 0.29) is 5.91 Å². The van der Waals surface area contributed by atoms with Crippen LogP contribution in [0, 0.1) is 11.6 Å². The van der Waals surface area contributed by atoms with Gasteiger partial charge in [0.15, 0.2) is 11.6 Å². The van der Waals surface area contributed by atoms with E-state index in [1.54, 1.807) is 6.07 Å². The Bertz CT molecular complexity index is 535. The number of hydrogen-bond donors (Lipinski definition) is 1. The van der Waals surface area contributed by atoms with Crippen molar-refractivity contribution in [2.75, 3.05) is 13.1 Å². The summed E-state index contributed by atoms with van der Waals surface area (Å²) in [4.78, 5) is 14.6. The van der Waals surface area contributed by atoms with Gasteiger partial charge in [-0.1, -0.05) is 6.07 Å². The Kier molecular flexibility index (Phi) is 4.71. The topological polar surface area (TPSA) is 32.3 Å². The van der Waals surface area contributed by atoms with Crippen LogP contribution in [0.1, 0.15) is 37.7 Å². The number of rotatable bonds is 4. The third kappa shape index (κ3) is 3.29. The van der Waals surface area contributed by atoms with Gasteiger partial charge in [0.25, 0.3) is 0 Å². The normalized spacial score (nSPS) is 24.4. The van der Waals surface area contributed by atoms with Crippen molar-refractivity contribution in [2.45, 2.75) is 50.6 Å². The number of nitrogens with zero attached hydrogens (tertiary/aromatic N) is 1. The average Bonchev–Trinajstić information content (AvgIpc) is 2.76. The van der Waals surface area contributed by atoms with Gasteiger partial charge in [0.1, 0.15) is 0 Å². The number of benzene rings is 1. The van der Waals surface area contributed by atoms with Crippen LogP contribution in [0.2, 0.25) is 0 Å². The van der Waals surface area contributed by atoms with E-state index in [0.717, 1.165) is 44.0 Å². The summed E-state index contributed by atoms with van der Waals surface area (Å²) in [5.74, 6) is -1.44. The smallest absolute Gasteiger partial charge is 0.223 e. The van der Waals surface area contributed by atoms with Crippen LogP contribution < -0.4 is 5.32 Å². The van der Waals surface area contributed by atoms with Crippen molar-refractivity contribution < 1.29 is 13.6 Å². The second kappa shape index (κ2) is 6.73. The molecule has 1 aromatic rings. The van der Waals surface area contributed by atoms with Crippen LogP contribution in [0.4, 0.5) is 8.78 Å². The fourth-order valence-corrected chi connectivity index (χ4v) is 3.66. The van der Waals surface area contributed by atoms with Crippen molar-refractivity contribution >= 4 is 5.91 Å². The summed E-state index contributed by atoms with van der Waals surface area (Å²) in [6.45, 7) is 1.88. The Balaban J connectivity index is 1.52. The molecule has 0 radical (unpaired) electrons. The van der Waals surface area contributed by atoms with Gasteiger partial charge >= 0.3 is 0 Å². The quantitative estimate of drug-likeness (QED) is 0.927. The van der Waals surface area contributed by atoms with Crippen molar-refractivity contribution in [3.05, 3.63) is 35.4 Å². The van der Waals surface area contributed by atoms with Gasteiger partial charge < -0.3 is 10.2 Å². The van der Waals surface area contributed by atoms with Gasteiger partial charge in [-0.05, 0) is 56.3 Å². The van der Waals surface area contributed by atoms with E-state index < -0.39 is 11.6 Å². The van der Waals surface area contributed by atoms with Crippen LogP contribution in [0.25, 0.3) is 0 Å². The van der Waals surface area contributed by atoms with E-state index in [1.165, 1.54) is 6.07 Å². The molecule has 2 aliphatic heterocycles. The third-order valence-corrected chi connectivity index (χ3v) is 4.78. The lowest BCUT2D eigenvalue weighted by Crippen LogP contribution is -2.42.